The third-order valence-corrected chi connectivity index (χ3v) is 12.8. The fourth-order valence-corrected chi connectivity index (χ4v) is 10.6. The molecule has 0 amide bonds. The maximum Gasteiger partial charge on any atom is 0.311 e. The Morgan fingerprint density at radius 2 is 1.79 bits per heavy atom. The zero-order valence-electron chi connectivity index (χ0n) is 25.7. The number of carbonyl (C=O) groups is 1. The summed E-state index contributed by atoms with van der Waals surface area (Å²) in [5.74, 6) is 5.35. The number of nitrogens with one attached hydrogen (secondary N) is 1. The van der Waals surface area contributed by atoms with Gasteiger partial charge in [0.1, 0.15) is 6.10 Å². The van der Waals surface area contributed by atoms with Crippen LogP contribution >= 0.6 is 0 Å². The highest BCUT2D eigenvalue weighted by molar-refractivity contribution is 5.69. The Hall–Kier alpha value is -0.830. The van der Waals surface area contributed by atoms with Gasteiger partial charge in [0.05, 0.1) is 26.1 Å². The van der Waals surface area contributed by atoms with Crippen LogP contribution in [0.5, 0.6) is 0 Å². The van der Waals surface area contributed by atoms with Crippen molar-refractivity contribution in [1.29, 1.82) is 0 Å². The number of rotatable bonds is 9. The second-order valence-corrected chi connectivity index (χ2v) is 15.5. The highest BCUT2D eigenvalue weighted by Gasteiger charge is 2.59. The molecule has 1 aliphatic heterocycles. The molecule has 3 heteroatoms. The Labute approximate surface area is 234 Å². The third-order valence-electron chi connectivity index (χ3n) is 12.8. The lowest BCUT2D eigenvalue weighted by molar-refractivity contribution is -0.904. The molecule has 8 atom stereocenters. The SMILES string of the molecule is CC(C)CCC[C@H](C)[C@H]1CC[C@@H]2[C@@H]3CC=C4C[C@@H](OC(=O)CC[NH+]5CCCCC5)CC[C@]4(C)[C@@H]3CC[C@@]21C. The largest absolute Gasteiger partial charge is 0.462 e. The van der Waals surface area contributed by atoms with Gasteiger partial charge in [-0.1, -0.05) is 65.5 Å². The van der Waals surface area contributed by atoms with E-state index in [0.29, 0.717) is 17.3 Å². The maximum absolute atomic E-state index is 12.7. The normalized spacial score (nSPS) is 40.2. The number of hydrogen-bond acceptors (Lipinski definition) is 2. The van der Waals surface area contributed by atoms with Gasteiger partial charge in [0.2, 0.25) is 0 Å². The van der Waals surface area contributed by atoms with Gasteiger partial charge < -0.3 is 9.64 Å². The van der Waals surface area contributed by atoms with Gasteiger partial charge in [-0.25, -0.2) is 0 Å². The number of piperidine rings is 1. The minimum absolute atomic E-state index is 0.0545. The van der Waals surface area contributed by atoms with Crippen LogP contribution in [0.1, 0.15) is 131 Å². The highest BCUT2D eigenvalue weighted by Crippen LogP contribution is 2.67. The van der Waals surface area contributed by atoms with E-state index in [4.69, 9.17) is 4.74 Å². The van der Waals surface area contributed by atoms with E-state index in [1.165, 1.54) is 90.1 Å². The minimum Gasteiger partial charge on any atom is -0.462 e. The summed E-state index contributed by atoms with van der Waals surface area (Å²) in [7, 11) is 0. The van der Waals surface area contributed by atoms with Crippen LogP contribution in [0.15, 0.2) is 11.6 Å². The number of hydrogen-bond donors (Lipinski definition) is 1. The molecule has 0 aromatic carbocycles. The third kappa shape index (κ3) is 5.80. The fourth-order valence-electron chi connectivity index (χ4n) is 10.6. The summed E-state index contributed by atoms with van der Waals surface area (Å²) in [6, 6.07) is 0. The quantitative estimate of drug-likeness (QED) is 0.251. The molecule has 1 heterocycles. The summed E-state index contributed by atoms with van der Waals surface area (Å²) in [6.07, 6.45) is 22.0. The van der Waals surface area contributed by atoms with Gasteiger partial charge in [0, 0.05) is 6.42 Å². The van der Waals surface area contributed by atoms with Crippen molar-refractivity contribution in [1.82, 2.24) is 0 Å². The Bertz CT molecular complexity index is 843. The topological polar surface area (TPSA) is 30.7 Å². The molecule has 4 fully saturated rings. The van der Waals surface area contributed by atoms with E-state index in [9.17, 15) is 4.79 Å². The van der Waals surface area contributed by atoms with E-state index in [0.717, 1.165) is 54.9 Å². The maximum atomic E-state index is 12.7. The molecular weight excluding hydrogens is 466 g/mol. The van der Waals surface area contributed by atoms with Crippen molar-refractivity contribution in [3.05, 3.63) is 11.6 Å². The number of carbonyl (C=O) groups excluding carboxylic acids is 1. The first kappa shape index (κ1) is 28.7. The van der Waals surface area contributed by atoms with Gasteiger partial charge >= 0.3 is 5.97 Å². The molecule has 0 unspecified atom stereocenters. The fraction of sp³-hybridized carbons (Fsp3) is 0.914. The second kappa shape index (κ2) is 12.0. The minimum atomic E-state index is 0.0545. The van der Waals surface area contributed by atoms with Crippen LogP contribution < -0.4 is 4.90 Å². The van der Waals surface area contributed by atoms with Crippen LogP contribution in [-0.2, 0) is 9.53 Å². The van der Waals surface area contributed by atoms with Gasteiger partial charge in [-0.15, -0.1) is 0 Å². The zero-order chi connectivity index (χ0) is 26.9. The van der Waals surface area contributed by atoms with Gasteiger partial charge in [-0.05, 0) is 111 Å². The van der Waals surface area contributed by atoms with Crippen LogP contribution in [0.2, 0.25) is 0 Å². The number of allylic oxidation sites excluding steroid dienone is 1. The number of likely N-dealkylation sites (tertiary alicyclic amines) is 1. The first-order chi connectivity index (χ1) is 18.2. The molecule has 0 aromatic rings. The molecule has 5 aliphatic rings. The lowest BCUT2D eigenvalue weighted by atomic mass is 9.47. The Morgan fingerprint density at radius 3 is 2.55 bits per heavy atom. The molecule has 1 saturated heterocycles. The van der Waals surface area contributed by atoms with Crippen LogP contribution in [0.4, 0.5) is 0 Å². The molecule has 0 spiro atoms. The van der Waals surface area contributed by atoms with Crippen LogP contribution in [0.3, 0.4) is 0 Å². The van der Waals surface area contributed by atoms with Gasteiger partial charge in [0.15, 0.2) is 0 Å². The summed E-state index contributed by atoms with van der Waals surface area (Å²) < 4.78 is 6.09. The Morgan fingerprint density at radius 1 is 1.00 bits per heavy atom. The zero-order valence-corrected chi connectivity index (χ0v) is 25.7. The van der Waals surface area contributed by atoms with Crippen molar-refractivity contribution in [3.8, 4) is 0 Å². The number of esters is 1. The van der Waals surface area contributed by atoms with E-state index in [1.54, 1.807) is 10.5 Å². The molecule has 3 saturated carbocycles. The number of ether oxygens (including phenoxy) is 1. The van der Waals surface area contributed by atoms with E-state index in [2.05, 4.69) is 40.7 Å². The van der Waals surface area contributed by atoms with E-state index < -0.39 is 0 Å². The van der Waals surface area contributed by atoms with E-state index in [-0.39, 0.29) is 12.1 Å². The average molecular weight is 527 g/mol. The van der Waals surface area contributed by atoms with Crippen molar-refractivity contribution in [2.24, 2.45) is 46.3 Å². The summed E-state index contributed by atoms with van der Waals surface area (Å²) in [5.41, 5.74) is 2.54. The van der Waals surface area contributed by atoms with Crippen LogP contribution in [-0.4, -0.2) is 31.7 Å². The Balaban J connectivity index is 1.17. The smallest absolute Gasteiger partial charge is 0.311 e. The first-order valence-corrected chi connectivity index (χ1v) is 16.9. The predicted molar refractivity (Wildman–Crippen MR) is 157 cm³/mol. The van der Waals surface area contributed by atoms with Crippen LogP contribution in [0, 0.1) is 46.3 Å². The van der Waals surface area contributed by atoms with E-state index in [1.807, 2.05) is 0 Å². The number of fused-ring (bicyclic) bond motifs is 5. The van der Waals surface area contributed by atoms with Crippen LogP contribution in [0.25, 0.3) is 0 Å². The number of quaternary nitrogens is 1. The summed E-state index contributed by atoms with van der Waals surface area (Å²) in [5, 5.41) is 0. The van der Waals surface area contributed by atoms with Crippen molar-refractivity contribution >= 4 is 5.97 Å². The first-order valence-electron chi connectivity index (χ1n) is 16.9. The summed E-state index contributed by atoms with van der Waals surface area (Å²) in [4.78, 5) is 14.3. The van der Waals surface area contributed by atoms with Gasteiger partial charge in [0.25, 0.3) is 0 Å². The molecule has 0 aromatic heterocycles. The molecule has 0 bridgehead atoms. The standard InChI is InChI=1S/C35H59NO2/c1-25(2)10-9-11-26(3)30-14-15-31-29-13-12-27-24-28(38-33(37)18-23-36-21-7-6-8-22-36)16-19-34(27,4)32(29)17-20-35(30,31)5/h12,25-26,28-32H,6-11,13-24H2,1-5H3/p+1/t26-,28-,29-,30+,31+,32+,34-,35+/m0/s1. The highest BCUT2D eigenvalue weighted by atomic mass is 16.5. The van der Waals surface area contributed by atoms with Crippen molar-refractivity contribution < 1.29 is 14.4 Å². The average Bonchev–Trinajstić information content (AvgIpc) is 3.25. The molecule has 38 heavy (non-hydrogen) atoms. The molecular formula is C35H60NO2+. The summed E-state index contributed by atoms with van der Waals surface area (Å²) >= 11 is 0. The molecule has 4 aliphatic carbocycles. The lowest BCUT2D eigenvalue weighted by Crippen LogP contribution is -3.12. The van der Waals surface area contributed by atoms with Crippen molar-refractivity contribution in [3.63, 3.8) is 0 Å². The predicted octanol–water partition coefficient (Wildman–Crippen LogP) is 7.40. The monoisotopic (exact) mass is 526 g/mol. The molecule has 1 N–H and O–H groups in total. The lowest BCUT2D eigenvalue weighted by Gasteiger charge is -2.58. The van der Waals surface area contributed by atoms with Crippen molar-refractivity contribution in [2.45, 2.75) is 137 Å². The second-order valence-electron chi connectivity index (χ2n) is 15.5. The molecule has 5 rings (SSSR count). The molecule has 3 nitrogen and oxygen atoms in total. The summed E-state index contributed by atoms with van der Waals surface area (Å²) in [6.45, 7) is 16.1. The molecule has 216 valence electrons. The van der Waals surface area contributed by atoms with Gasteiger partial charge in [-0.2, -0.15) is 0 Å². The van der Waals surface area contributed by atoms with Gasteiger partial charge in [-0.3, -0.25) is 4.79 Å². The van der Waals surface area contributed by atoms with Crippen molar-refractivity contribution in [2.75, 3.05) is 19.6 Å². The van der Waals surface area contributed by atoms with E-state index >= 15 is 0 Å². The molecule has 0 radical (unpaired) electrons. The Kier molecular flexibility index (Phi) is 9.03.